The smallest absolute Gasteiger partial charge is 0.255 e. The van der Waals surface area contributed by atoms with Gasteiger partial charge in [-0.15, -0.1) is 0 Å². The number of halogens is 1. The van der Waals surface area contributed by atoms with E-state index in [1.54, 1.807) is 66.5 Å². The highest BCUT2D eigenvalue weighted by atomic mass is 35.5. The first-order chi connectivity index (χ1) is 12.5. The maximum atomic E-state index is 12.2. The molecule has 0 saturated carbocycles. The van der Waals surface area contributed by atoms with Crippen molar-refractivity contribution in [3.63, 3.8) is 0 Å². The fourth-order valence-corrected chi connectivity index (χ4v) is 2.46. The summed E-state index contributed by atoms with van der Waals surface area (Å²) in [4.78, 5) is 28.2. The molecule has 0 unspecified atom stereocenters. The predicted octanol–water partition coefficient (Wildman–Crippen LogP) is 4.22. The van der Waals surface area contributed by atoms with Crippen molar-refractivity contribution in [2.45, 2.75) is 0 Å². The van der Waals surface area contributed by atoms with Crippen LogP contribution >= 0.6 is 11.6 Å². The van der Waals surface area contributed by atoms with E-state index in [0.29, 0.717) is 22.1 Å². The van der Waals surface area contributed by atoms with Crippen LogP contribution < -0.4 is 5.32 Å². The van der Waals surface area contributed by atoms with E-state index in [-0.39, 0.29) is 11.7 Å². The highest BCUT2D eigenvalue weighted by molar-refractivity contribution is 6.30. The number of nitrogens with zero attached hydrogens (tertiary/aromatic N) is 2. The Bertz CT molecular complexity index is 957. The number of ketones is 1. The lowest BCUT2D eigenvalue weighted by Crippen LogP contribution is -2.11. The first-order valence-corrected chi connectivity index (χ1v) is 8.27. The number of amides is 1. The van der Waals surface area contributed by atoms with Gasteiger partial charge in [0, 0.05) is 35.7 Å². The summed E-state index contributed by atoms with van der Waals surface area (Å²) in [6, 6.07) is 13.9. The van der Waals surface area contributed by atoms with Gasteiger partial charge in [-0.05, 0) is 48.0 Å². The van der Waals surface area contributed by atoms with Crippen molar-refractivity contribution in [1.82, 2.24) is 9.55 Å². The second-order valence-electron chi connectivity index (χ2n) is 5.64. The van der Waals surface area contributed by atoms with Gasteiger partial charge in [-0.25, -0.2) is 4.98 Å². The standard InChI is InChI=1S/C20H16ClN3O2/c1-24-13-12-22-19(24)18(25)11-4-14-2-9-17(10-3-14)23-20(26)15-5-7-16(21)8-6-15/h2-13H,1H3,(H,23,26)/b11-4+. The van der Waals surface area contributed by atoms with Gasteiger partial charge in [0.15, 0.2) is 5.82 Å². The van der Waals surface area contributed by atoms with Gasteiger partial charge in [0.2, 0.25) is 5.78 Å². The van der Waals surface area contributed by atoms with Crippen molar-refractivity contribution in [1.29, 1.82) is 0 Å². The molecule has 0 aliphatic carbocycles. The van der Waals surface area contributed by atoms with Crippen LogP contribution in [0.2, 0.25) is 5.02 Å². The summed E-state index contributed by atoms with van der Waals surface area (Å²) >= 11 is 5.82. The summed E-state index contributed by atoms with van der Waals surface area (Å²) in [7, 11) is 1.77. The van der Waals surface area contributed by atoms with Gasteiger partial charge in [-0.3, -0.25) is 9.59 Å². The minimum absolute atomic E-state index is 0.169. The maximum Gasteiger partial charge on any atom is 0.255 e. The number of nitrogens with one attached hydrogen (secondary N) is 1. The quantitative estimate of drug-likeness (QED) is 0.543. The molecule has 2 aromatic carbocycles. The van der Waals surface area contributed by atoms with E-state index >= 15 is 0 Å². The van der Waals surface area contributed by atoms with Gasteiger partial charge in [0.25, 0.3) is 5.91 Å². The van der Waals surface area contributed by atoms with Crippen LogP contribution in [0.15, 0.2) is 67.0 Å². The summed E-state index contributed by atoms with van der Waals surface area (Å²) in [6.07, 6.45) is 6.49. The van der Waals surface area contributed by atoms with E-state index in [2.05, 4.69) is 10.3 Å². The zero-order valence-electron chi connectivity index (χ0n) is 14.0. The van der Waals surface area contributed by atoms with Crippen LogP contribution in [0, 0.1) is 0 Å². The number of benzene rings is 2. The molecule has 5 nitrogen and oxygen atoms in total. The number of aryl methyl sites for hydroxylation is 1. The van der Waals surface area contributed by atoms with Gasteiger partial charge in [0.05, 0.1) is 0 Å². The SMILES string of the molecule is Cn1ccnc1C(=O)/C=C/c1ccc(NC(=O)c2ccc(Cl)cc2)cc1. The molecule has 0 atom stereocenters. The summed E-state index contributed by atoms with van der Waals surface area (Å²) in [5.41, 5.74) is 2.04. The molecule has 0 spiro atoms. The van der Waals surface area contributed by atoms with Crippen LogP contribution in [-0.4, -0.2) is 21.2 Å². The summed E-state index contributed by atoms with van der Waals surface area (Å²) in [6.45, 7) is 0. The lowest BCUT2D eigenvalue weighted by Gasteiger charge is -2.05. The molecular weight excluding hydrogens is 350 g/mol. The lowest BCUT2D eigenvalue weighted by molar-refractivity contribution is 0.102. The molecule has 0 aliphatic heterocycles. The van der Waals surface area contributed by atoms with E-state index in [1.165, 1.54) is 6.08 Å². The third-order valence-electron chi connectivity index (χ3n) is 3.74. The summed E-state index contributed by atoms with van der Waals surface area (Å²) in [5.74, 6) is 0.000587. The van der Waals surface area contributed by atoms with Crippen molar-refractivity contribution in [2.24, 2.45) is 7.05 Å². The molecule has 1 aromatic heterocycles. The number of hydrogen-bond donors (Lipinski definition) is 1. The molecule has 0 radical (unpaired) electrons. The molecular formula is C20H16ClN3O2. The van der Waals surface area contributed by atoms with Crippen LogP contribution in [0.1, 0.15) is 26.5 Å². The molecule has 26 heavy (non-hydrogen) atoms. The number of carbonyl (C=O) groups excluding carboxylic acids is 2. The molecule has 3 rings (SSSR count). The summed E-state index contributed by atoms with van der Waals surface area (Å²) < 4.78 is 1.67. The number of imidazole rings is 1. The normalized spacial score (nSPS) is 10.8. The first-order valence-electron chi connectivity index (χ1n) is 7.89. The van der Waals surface area contributed by atoms with Crippen LogP contribution in [0.5, 0.6) is 0 Å². The van der Waals surface area contributed by atoms with Gasteiger partial charge < -0.3 is 9.88 Å². The largest absolute Gasteiger partial charge is 0.331 e. The molecule has 6 heteroatoms. The zero-order valence-corrected chi connectivity index (χ0v) is 14.8. The molecule has 0 bridgehead atoms. The van der Waals surface area contributed by atoms with Crippen LogP contribution in [0.4, 0.5) is 5.69 Å². The monoisotopic (exact) mass is 365 g/mol. The number of anilines is 1. The molecule has 1 heterocycles. The number of rotatable bonds is 5. The topological polar surface area (TPSA) is 64.0 Å². The lowest BCUT2D eigenvalue weighted by atomic mass is 10.1. The van der Waals surface area contributed by atoms with Crippen molar-refractivity contribution in [3.05, 3.63) is 89.0 Å². The van der Waals surface area contributed by atoms with E-state index in [1.807, 2.05) is 12.1 Å². The Balaban J connectivity index is 1.64. The highest BCUT2D eigenvalue weighted by Crippen LogP contribution is 2.14. The van der Waals surface area contributed by atoms with E-state index in [4.69, 9.17) is 11.6 Å². The highest BCUT2D eigenvalue weighted by Gasteiger charge is 2.07. The molecule has 3 aromatic rings. The molecule has 0 fully saturated rings. The zero-order chi connectivity index (χ0) is 18.5. The Hall–Kier alpha value is -3.18. The molecule has 1 N–H and O–H groups in total. The number of aromatic nitrogens is 2. The number of hydrogen-bond acceptors (Lipinski definition) is 3. The van der Waals surface area contributed by atoms with Crippen LogP contribution in [-0.2, 0) is 7.05 Å². The Morgan fingerprint density at radius 1 is 1.08 bits per heavy atom. The van der Waals surface area contributed by atoms with Gasteiger partial charge >= 0.3 is 0 Å². The Kier molecular flexibility index (Phi) is 5.29. The molecule has 0 saturated heterocycles. The minimum atomic E-state index is -0.213. The minimum Gasteiger partial charge on any atom is -0.331 e. The van der Waals surface area contributed by atoms with Crippen molar-refractivity contribution in [2.75, 3.05) is 5.32 Å². The van der Waals surface area contributed by atoms with Crippen molar-refractivity contribution < 1.29 is 9.59 Å². The third-order valence-corrected chi connectivity index (χ3v) is 4.00. The fourth-order valence-electron chi connectivity index (χ4n) is 2.33. The first kappa shape index (κ1) is 17.6. The Morgan fingerprint density at radius 3 is 2.38 bits per heavy atom. The fraction of sp³-hybridized carbons (Fsp3) is 0.0500. The summed E-state index contributed by atoms with van der Waals surface area (Å²) in [5, 5.41) is 3.39. The van der Waals surface area contributed by atoms with Crippen LogP contribution in [0.3, 0.4) is 0 Å². The Morgan fingerprint density at radius 2 is 1.77 bits per heavy atom. The molecule has 130 valence electrons. The van der Waals surface area contributed by atoms with Crippen molar-refractivity contribution >= 4 is 35.1 Å². The second kappa shape index (κ2) is 7.80. The second-order valence-corrected chi connectivity index (χ2v) is 6.08. The Labute approximate surface area is 155 Å². The maximum absolute atomic E-state index is 12.2. The van der Waals surface area contributed by atoms with Crippen LogP contribution in [0.25, 0.3) is 6.08 Å². The van der Waals surface area contributed by atoms with Gasteiger partial charge in [-0.2, -0.15) is 0 Å². The van der Waals surface area contributed by atoms with Crippen molar-refractivity contribution in [3.8, 4) is 0 Å². The molecule has 1 amide bonds. The van der Waals surface area contributed by atoms with E-state index in [9.17, 15) is 9.59 Å². The molecule has 0 aliphatic rings. The third kappa shape index (κ3) is 4.26. The number of carbonyl (C=O) groups is 2. The number of allylic oxidation sites excluding steroid dienone is 1. The average Bonchev–Trinajstić information content (AvgIpc) is 3.07. The van der Waals surface area contributed by atoms with E-state index in [0.717, 1.165) is 5.56 Å². The van der Waals surface area contributed by atoms with E-state index < -0.39 is 0 Å². The van der Waals surface area contributed by atoms with Gasteiger partial charge in [-0.1, -0.05) is 29.8 Å². The van der Waals surface area contributed by atoms with Gasteiger partial charge in [0.1, 0.15) is 0 Å². The average molecular weight is 366 g/mol. The predicted molar refractivity (Wildman–Crippen MR) is 102 cm³/mol.